The van der Waals surface area contributed by atoms with Gasteiger partial charge in [0.2, 0.25) is 0 Å². The van der Waals surface area contributed by atoms with Crippen LogP contribution in [0.1, 0.15) is 34.6 Å². The largest absolute Gasteiger partial charge is 0.376 e. The first kappa shape index (κ1) is 17.9. The summed E-state index contributed by atoms with van der Waals surface area (Å²) < 4.78 is 7.30. The van der Waals surface area contributed by atoms with Crippen LogP contribution >= 0.6 is 11.6 Å². The molecular formula is C20H21ClN4O2. The zero-order chi connectivity index (χ0) is 19.0. The molecule has 140 valence electrons. The number of pyridine rings is 1. The molecule has 1 amide bonds. The molecule has 3 heterocycles. The van der Waals surface area contributed by atoms with Crippen LogP contribution in [0.15, 0.2) is 30.3 Å². The second-order valence-corrected chi connectivity index (χ2v) is 7.21. The molecule has 0 bridgehead atoms. The second-order valence-electron chi connectivity index (χ2n) is 6.80. The van der Waals surface area contributed by atoms with Crippen molar-refractivity contribution in [3.05, 3.63) is 52.3 Å². The van der Waals surface area contributed by atoms with Crippen molar-refractivity contribution >= 4 is 28.5 Å². The normalized spacial score (nSPS) is 16.8. The first-order valence-electron chi connectivity index (χ1n) is 9.06. The molecule has 0 radical (unpaired) electrons. The maximum absolute atomic E-state index is 12.9. The summed E-state index contributed by atoms with van der Waals surface area (Å²) in [5.41, 5.74) is 3.42. The van der Waals surface area contributed by atoms with Gasteiger partial charge >= 0.3 is 0 Å². The second kappa shape index (κ2) is 7.29. The number of amides is 1. The van der Waals surface area contributed by atoms with Crippen molar-refractivity contribution in [2.45, 2.75) is 32.8 Å². The number of ether oxygens (including phenoxy) is 1. The van der Waals surface area contributed by atoms with Crippen molar-refractivity contribution in [2.24, 2.45) is 0 Å². The van der Waals surface area contributed by atoms with E-state index in [4.69, 9.17) is 16.3 Å². The van der Waals surface area contributed by atoms with Gasteiger partial charge in [-0.2, -0.15) is 5.10 Å². The summed E-state index contributed by atoms with van der Waals surface area (Å²) in [5.74, 6) is -0.136. The monoisotopic (exact) mass is 384 g/mol. The lowest BCUT2D eigenvalue weighted by Crippen LogP contribution is -2.32. The lowest BCUT2D eigenvalue weighted by molar-refractivity contribution is 0.0859. The van der Waals surface area contributed by atoms with E-state index in [1.54, 1.807) is 10.7 Å². The van der Waals surface area contributed by atoms with Gasteiger partial charge in [0.1, 0.15) is 0 Å². The molecule has 7 heteroatoms. The maximum Gasteiger partial charge on any atom is 0.252 e. The van der Waals surface area contributed by atoms with Gasteiger partial charge in [0, 0.05) is 18.8 Å². The highest BCUT2D eigenvalue weighted by atomic mass is 35.5. The van der Waals surface area contributed by atoms with Gasteiger partial charge < -0.3 is 10.1 Å². The van der Waals surface area contributed by atoms with Crippen LogP contribution in [0.25, 0.3) is 16.7 Å². The number of nitrogens with zero attached hydrogens (tertiary/aromatic N) is 3. The number of halogens is 1. The van der Waals surface area contributed by atoms with Crippen LogP contribution in [0.4, 0.5) is 0 Å². The third-order valence-corrected chi connectivity index (χ3v) is 5.10. The first-order valence-corrected chi connectivity index (χ1v) is 9.44. The van der Waals surface area contributed by atoms with Crippen molar-refractivity contribution in [1.82, 2.24) is 20.1 Å². The summed E-state index contributed by atoms with van der Waals surface area (Å²) in [6, 6.07) is 9.26. The third kappa shape index (κ3) is 3.42. The fraction of sp³-hybridized carbons (Fsp3) is 0.350. The van der Waals surface area contributed by atoms with E-state index in [1.807, 2.05) is 38.1 Å². The highest BCUT2D eigenvalue weighted by Gasteiger charge is 2.22. The van der Waals surface area contributed by atoms with Crippen LogP contribution in [0.3, 0.4) is 0 Å². The van der Waals surface area contributed by atoms with E-state index < -0.39 is 0 Å². The SMILES string of the molecule is Cc1cc(C(=O)NC[C@H]2CCCO2)c2c(C)nn(-c3ccccc3Cl)c2n1. The highest BCUT2D eigenvalue weighted by molar-refractivity contribution is 6.32. The van der Waals surface area contributed by atoms with Crippen LogP contribution in [0.2, 0.25) is 5.02 Å². The van der Waals surface area contributed by atoms with Gasteiger partial charge in [-0.15, -0.1) is 0 Å². The van der Waals surface area contributed by atoms with Gasteiger partial charge in [0.15, 0.2) is 5.65 Å². The standard InChI is InChI=1S/C20H21ClN4O2/c1-12-10-15(20(26)22-11-14-6-5-9-27-14)18-13(2)24-25(19(18)23-12)17-8-4-3-7-16(17)21/h3-4,7-8,10,14H,5-6,9,11H2,1-2H3,(H,22,26)/t14-/m1/s1. The van der Waals surface area contributed by atoms with Crippen molar-refractivity contribution < 1.29 is 9.53 Å². The molecule has 1 aromatic carbocycles. The molecule has 1 fully saturated rings. The minimum absolute atomic E-state index is 0.0966. The summed E-state index contributed by atoms with van der Waals surface area (Å²) in [6.07, 6.45) is 2.12. The Morgan fingerprint density at radius 2 is 2.19 bits per heavy atom. The number of para-hydroxylation sites is 1. The van der Waals surface area contributed by atoms with E-state index in [0.717, 1.165) is 41.9 Å². The summed E-state index contributed by atoms with van der Waals surface area (Å²) >= 11 is 6.35. The van der Waals surface area contributed by atoms with Gasteiger partial charge in [-0.3, -0.25) is 4.79 Å². The zero-order valence-electron chi connectivity index (χ0n) is 15.3. The summed E-state index contributed by atoms with van der Waals surface area (Å²) in [4.78, 5) is 17.5. The Labute approximate surface area is 162 Å². The Bertz CT molecular complexity index is 1010. The molecule has 1 aliphatic rings. The third-order valence-electron chi connectivity index (χ3n) is 4.78. The van der Waals surface area contributed by atoms with E-state index in [1.165, 1.54) is 0 Å². The van der Waals surface area contributed by atoms with Crippen molar-refractivity contribution in [3.8, 4) is 5.69 Å². The number of hydrogen-bond donors (Lipinski definition) is 1. The number of fused-ring (bicyclic) bond motifs is 1. The topological polar surface area (TPSA) is 69.0 Å². The molecule has 1 N–H and O–H groups in total. The smallest absolute Gasteiger partial charge is 0.252 e. The van der Waals surface area contributed by atoms with Crippen LogP contribution in [-0.4, -0.2) is 39.9 Å². The average molecular weight is 385 g/mol. The molecule has 1 atom stereocenters. The molecule has 4 rings (SSSR count). The molecule has 6 nitrogen and oxygen atoms in total. The Balaban J connectivity index is 1.76. The highest BCUT2D eigenvalue weighted by Crippen LogP contribution is 2.28. The molecule has 1 saturated heterocycles. The molecule has 0 spiro atoms. The Morgan fingerprint density at radius 3 is 2.93 bits per heavy atom. The predicted molar refractivity (Wildman–Crippen MR) is 105 cm³/mol. The summed E-state index contributed by atoms with van der Waals surface area (Å²) in [6.45, 7) is 5.03. The minimum atomic E-state index is -0.136. The van der Waals surface area contributed by atoms with Crippen LogP contribution in [-0.2, 0) is 4.74 Å². The maximum atomic E-state index is 12.9. The van der Waals surface area contributed by atoms with Crippen molar-refractivity contribution in [1.29, 1.82) is 0 Å². The van der Waals surface area contributed by atoms with Crippen molar-refractivity contribution in [2.75, 3.05) is 13.2 Å². The number of aryl methyl sites for hydroxylation is 2. The molecule has 0 aliphatic carbocycles. The number of benzene rings is 1. The molecule has 2 aromatic heterocycles. The first-order chi connectivity index (χ1) is 13.0. The molecule has 0 saturated carbocycles. The molecule has 1 aliphatic heterocycles. The number of carbonyl (C=O) groups excluding carboxylic acids is 1. The molecule has 3 aromatic rings. The number of aromatic nitrogens is 3. The van der Waals surface area contributed by atoms with Crippen LogP contribution in [0.5, 0.6) is 0 Å². The van der Waals surface area contributed by atoms with Crippen molar-refractivity contribution in [3.63, 3.8) is 0 Å². The molecule has 0 unspecified atom stereocenters. The Kier molecular flexibility index (Phi) is 4.85. The summed E-state index contributed by atoms with van der Waals surface area (Å²) in [5, 5.41) is 8.92. The minimum Gasteiger partial charge on any atom is -0.376 e. The number of carbonyl (C=O) groups is 1. The fourth-order valence-electron chi connectivity index (χ4n) is 3.49. The predicted octanol–water partition coefficient (Wildman–Crippen LogP) is 3.60. The van der Waals surface area contributed by atoms with Gasteiger partial charge in [-0.25, -0.2) is 9.67 Å². The van der Waals surface area contributed by atoms with Gasteiger partial charge in [0.05, 0.1) is 33.5 Å². The molecular weight excluding hydrogens is 364 g/mol. The van der Waals surface area contributed by atoms with Crippen LogP contribution < -0.4 is 5.32 Å². The van der Waals surface area contributed by atoms with Gasteiger partial charge in [-0.05, 0) is 44.9 Å². The Hall–Kier alpha value is -2.44. The Morgan fingerprint density at radius 1 is 1.37 bits per heavy atom. The van der Waals surface area contributed by atoms with Gasteiger partial charge in [0.25, 0.3) is 5.91 Å². The lowest BCUT2D eigenvalue weighted by atomic mass is 10.1. The quantitative estimate of drug-likeness (QED) is 0.746. The molecule has 27 heavy (non-hydrogen) atoms. The van der Waals surface area contributed by atoms with E-state index in [9.17, 15) is 4.79 Å². The van der Waals surface area contributed by atoms with E-state index >= 15 is 0 Å². The fourth-order valence-corrected chi connectivity index (χ4v) is 3.71. The van der Waals surface area contributed by atoms with E-state index in [-0.39, 0.29) is 12.0 Å². The number of nitrogens with one attached hydrogen (secondary N) is 1. The summed E-state index contributed by atoms with van der Waals surface area (Å²) in [7, 11) is 0. The zero-order valence-corrected chi connectivity index (χ0v) is 16.1. The van der Waals surface area contributed by atoms with E-state index in [2.05, 4.69) is 15.4 Å². The lowest BCUT2D eigenvalue weighted by Gasteiger charge is -2.12. The average Bonchev–Trinajstić information content (AvgIpc) is 3.28. The number of hydrogen-bond acceptors (Lipinski definition) is 4. The number of rotatable bonds is 4. The van der Waals surface area contributed by atoms with Crippen LogP contribution in [0, 0.1) is 13.8 Å². The van der Waals surface area contributed by atoms with E-state index in [0.29, 0.717) is 22.8 Å². The van der Waals surface area contributed by atoms with Gasteiger partial charge in [-0.1, -0.05) is 23.7 Å².